The molecule has 1 heterocycles. The van der Waals surface area contributed by atoms with E-state index in [1.54, 1.807) is 0 Å². The highest BCUT2D eigenvalue weighted by molar-refractivity contribution is 5.77. The summed E-state index contributed by atoms with van der Waals surface area (Å²) in [5.41, 5.74) is 2.26. The molecule has 2 rings (SSSR count). The fourth-order valence-electron chi connectivity index (χ4n) is 1.89. The quantitative estimate of drug-likeness (QED) is 0.761. The monoisotopic (exact) mass is 215 g/mol. The van der Waals surface area contributed by atoms with Gasteiger partial charge in [0.05, 0.1) is 12.1 Å². The summed E-state index contributed by atoms with van der Waals surface area (Å²) < 4.78 is 0. The van der Waals surface area contributed by atoms with E-state index in [1.165, 1.54) is 10.5 Å². The summed E-state index contributed by atoms with van der Waals surface area (Å²) in [6.45, 7) is 2.73. The normalized spacial score (nSPS) is 19.4. The van der Waals surface area contributed by atoms with E-state index in [-0.39, 0.29) is 18.6 Å². The van der Waals surface area contributed by atoms with Gasteiger partial charge in [-0.05, 0) is 12.5 Å². The van der Waals surface area contributed by atoms with Crippen molar-refractivity contribution < 1.29 is 4.79 Å². The highest BCUT2D eigenvalue weighted by atomic mass is 16.2. The van der Waals surface area contributed by atoms with Gasteiger partial charge in [-0.15, -0.1) is 0 Å². The lowest BCUT2D eigenvalue weighted by atomic mass is 10.1. The van der Waals surface area contributed by atoms with Crippen LogP contribution in [0.2, 0.25) is 0 Å². The molecule has 1 fully saturated rings. The summed E-state index contributed by atoms with van der Waals surface area (Å²) >= 11 is 0. The maximum absolute atomic E-state index is 11.5. The van der Waals surface area contributed by atoms with Crippen LogP contribution in [-0.4, -0.2) is 24.0 Å². The zero-order valence-corrected chi connectivity index (χ0v) is 9.10. The third-order valence-corrected chi connectivity index (χ3v) is 2.69. The summed E-state index contributed by atoms with van der Waals surface area (Å²) in [4.78, 5) is 13.0. The molecule has 1 aliphatic rings. The predicted octanol–water partition coefficient (Wildman–Crippen LogP) is 1.58. The van der Waals surface area contributed by atoms with Crippen LogP contribution in [0.3, 0.4) is 0 Å². The molecule has 4 nitrogen and oxygen atoms in total. The molecule has 0 saturated carbocycles. The average Bonchev–Trinajstić information content (AvgIpc) is 2.61. The number of carbonyl (C=O) groups is 1. The molecular formula is C12H13N3O. The molecule has 0 aromatic heterocycles. The van der Waals surface area contributed by atoms with Crippen LogP contribution < -0.4 is 5.32 Å². The summed E-state index contributed by atoms with van der Waals surface area (Å²) in [5, 5.41) is 11.4. The van der Waals surface area contributed by atoms with Crippen LogP contribution in [0.5, 0.6) is 0 Å². The van der Waals surface area contributed by atoms with E-state index in [9.17, 15) is 4.79 Å². The molecule has 82 valence electrons. The van der Waals surface area contributed by atoms with Crippen LogP contribution in [0.25, 0.3) is 0 Å². The molecule has 16 heavy (non-hydrogen) atoms. The van der Waals surface area contributed by atoms with Crippen molar-refractivity contribution in [2.75, 3.05) is 13.1 Å². The average molecular weight is 215 g/mol. The zero-order chi connectivity index (χ0) is 11.5. The smallest absolute Gasteiger partial charge is 0.318 e. The van der Waals surface area contributed by atoms with Gasteiger partial charge in [0.2, 0.25) is 0 Å². The van der Waals surface area contributed by atoms with Crippen LogP contribution >= 0.6 is 0 Å². The van der Waals surface area contributed by atoms with Gasteiger partial charge in [-0.1, -0.05) is 29.8 Å². The molecule has 1 atom stereocenters. The largest absolute Gasteiger partial charge is 0.329 e. The van der Waals surface area contributed by atoms with Crippen molar-refractivity contribution in [3.8, 4) is 6.07 Å². The fraction of sp³-hybridized carbons (Fsp3) is 0.333. The SMILES string of the molecule is Cc1cccc(C2CN(CC#N)C(=O)N2)c1. The number of aryl methyl sites for hydroxylation is 1. The first-order valence-corrected chi connectivity index (χ1v) is 5.19. The Hall–Kier alpha value is -2.02. The molecule has 0 spiro atoms. The first kappa shape index (κ1) is 10.5. The number of benzene rings is 1. The number of carbonyl (C=O) groups excluding carboxylic acids is 1. The Morgan fingerprint density at radius 1 is 1.62 bits per heavy atom. The first-order chi connectivity index (χ1) is 7.70. The lowest BCUT2D eigenvalue weighted by Crippen LogP contribution is -2.28. The van der Waals surface area contributed by atoms with Crippen LogP contribution in [0.1, 0.15) is 17.2 Å². The van der Waals surface area contributed by atoms with Crippen LogP contribution in [0.4, 0.5) is 4.79 Å². The van der Waals surface area contributed by atoms with E-state index in [4.69, 9.17) is 5.26 Å². The molecule has 1 aromatic carbocycles. The molecule has 0 radical (unpaired) electrons. The van der Waals surface area contributed by atoms with E-state index in [0.29, 0.717) is 6.54 Å². The number of nitriles is 1. The lowest BCUT2D eigenvalue weighted by Gasteiger charge is -2.11. The molecule has 4 heteroatoms. The minimum atomic E-state index is -0.159. The van der Waals surface area contributed by atoms with Crippen molar-refractivity contribution in [1.82, 2.24) is 10.2 Å². The molecule has 0 bridgehead atoms. The Morgan fingerprint density at radius 2 is 2.44 bits per heavy atom. The standard InChI is InChI=1S/C12H13N3O/c1-9-3-2-4-10(7-9)11-8-15(6-5-13)12(16)14-11/h2-4,7,11H,6,8H2,1H3,(H,14,16). The molecular weight excluding hydrogens is 202 g/mol. The predicted molar refractivity (Wildman–Crippen MR) is 59.6 cm³/mol. The van der Waals surface area contributed by atoms with Gasteiger partial charge in [-0.3, -0.25) is 0 Å². The third-order valence-electron chi connectivity index (χ3n) is 2.69. The molecule has 1 aliphatic heterocycles. The maximum Gasteiger partial charge on any atom is 0.318 e. The van der Waals surface area contributed by atoms with E-state index in [1.807, 2.05) is 31.2 Å². The van der Waals surface area contributed by atoms with E-state index in [2.05, 4.69) is 11.4 Å². The molecule has 2 amide bonds. The molecule has 1 unspecified atom stereocenters. The van der Waals surface area contributed by atoms with E-state index >= 15 is 0 Å². The lowest BCUT2D eigenvalue weighted by molar-refractivity contribution is 0.222. The summed E-state index contributed by atoms with van der Waals surface area (Å²) in [6.07, 6.45) is 0. The second-order valence-corrected chi connectivity index (χ2v) is 3.95. The number of nitrogens with one attached hydrogen (secondary N) is 1. The zero-order valence-electron chi connectivity index (χ0n) is 9.10. The van der Waals surface area contributed by atoms with Crippen molar-refractivity contribution in [3.05, 3.63) is 35.4 Å². The molecule has 1 N–H and O–H groups in total. The Balaban J connectivity index is 2.14. The van der Waals surface area contributed by atoms with Crippen LogP contribution in [0, 0.1) is 18.3 Å². The van der Waals surface area contributed by atoms with Crippen molar-refractivity contribution in [2.45, 2.75) is 13.0 Å². The molecule has 1 aromatic rings. The van der Waals surface area contributed by atoms with Gasteiger partial charge < -0.3 is 10.2 Å². The Kier molecular flexibility index (Phi) is 2.78. The summed E-state index contributed by atoms with van der Waals surface area (Å²) in [5.74, 6) is 0. The van der Waals surface area contributed by atoms with Gasteiger partial charge in [0.15, 0.2) is 0 Å². The second kappa shape index (κ2) is 4.23. The van der Waals surface area contributed by atoms with Gasteiger partial charge in [0, 0.05) is 6.54 Å². The van der Waals surface area contributed by atoms with Crippen molar-refractivity contribution in [3.63, 3.8) is 0 Å². The van der Waals surface area contributed by atoms with Crippen molar-refractivity contribution in [1.29, 1.82) is 5.26 Å². The highest BCUT2D eigenvalue weighted by Crippen LogP contribution is 2.20. The topological polar surface area (TPSA) is 56.1 Å². The van der Waals surface area contributed by atoms with Crippen molar-refractivity contribution in [2.24, 2.45) is 0 Å². The van der Waals surface area contributed by atoms with Gasteiger partial charge in [0.25, 0.3) is 0 Å². The van der Waals surface area contributed by atoms with Gasteiger partial charge >= 0.3 is 6.03 Å². The van der Waals surface area contributed by atoms with Crippen LogP contribution in [-0.2, 0) is 0 Å². The van der Waals surface area contributed by atoms with Gasteiger partial charge in [0.1, 0.15) is 6.54 Å². The summed E-state index contributed by atoms with van der Waals surface area (Å²) in [6, 6.07) is 9.88. The van der Waals surface area contributed by atoms with Gasteiger partial charge in [-0.25, -0.2) is 4.79 Å². The Morgan fingerprint density at radius 3 is 3.12 bits per heavy atom. The van der Waals surface area contributed by atoms with Crippen LogP contribution in [0.15, 0.2) is 24.3 Å². The Bertz CT molecular complexity index is 450. The molecule has 1 saturated heterocycles. The number of hydrogen-bond donors (Lipinski definition) is 1. The fourth-order valence-corrected chi connectivity index (χ4v) is 1.89. The van der Waals surface area contributed by atoms with Gasteiger partial charge in [-0.2, -0.15) is 5.26 Å². The van der Waals surface area contributed by atoms with Crippen molar-refractivity contribution >= 4 is 6.03 Å². The minimum absolute atomic E-state index is 0.000694. The molecule has 0 aliphatic carbocycles. The number of rotatable bonds is 2. The number of hydrogen-bond acceptors (Lipinski definition) is 2. The second-order valence-electron chi connectivity index (χ2n) is 3.95. The summed E-state index contributed by atoms with van der Waals surface area (Å²) in [7, 11) is 0. The number of amides is 2. The van der Waals surface area contributed by atoms with E-state index < -0.39 is 0 Å². The third kappa shape index (κ3) is 1.98. The highest BCUT2D eigenvalue weighted by Gasteiger charge is 2.29. The Labute approximate surface area is 94.5 Å². The van der Waals surface area contributed by atoms with E-state index in [0.717, 1.165) is 5.56 Å². The number of nitrogens with zero attached hydrogens (tertiary/aromatic N) is 2. The maximum atomic E-state index is 11.5. The first-order valence-electron chi connectivity index (χ1n) is 5.19. The number of urea groups is 1. The minimum Gasteiger partial charge on any atom is -0.329 e.